The Hall–Kier alpha value is -2.09. The molecule has 5 nitrogen and oxygen atoms in total. The fourth-order valence-corrected chi connectivity index (χ4v) is 3.23. The van der Waals surface area contributed by atoms with Crippen LogP contribution >= 0.6 is 63.9 Å². The maximum atomic E-state index is 12.8. The second-order valence-corrected chi connectivity index (χ2v) is 9.54. The monoisotopic (exact) mass is 620 g/mol. The van der Waals surface area contributed by atoms with Gasteiger partial charge in [0.05, 0.1) is 16.1 Å². The summed E-state index contributed by atoms with van der Waals surface area (Å²) >= 11 is 14.6. The van der Waals surface area contributed by atoms with Crippen molar-refractivity contribution in [3.8, 4) is 0 Å². The van der Waals surface area contributed by atoms with E-state index in [2.05, 4.69) is 21.4 Å². The van der Waals surface area contributed by atoms with Crippen LogP contribution in [0.25, 0.3) is 0 Å². The van der Waals surface area contributed by atoms with Gasteiger partial charge in [-0.3, -0.25) is 19.8 Å². The minimum absolute atomic E-state index is 0. The van der Waals surface area contributed by atoms with Crippen molar-refractivity contribution in [1.82, 2.24) is 10.4 Å². The Bertz CT molecular complexity index is 1120. The molecule has 1 N–H and O–H groups in total. The number of carbonyl (C=O) groups is 3. The largest absolute Gasteiger partial charge is 0.276 e. The molecule has 3 rings (SSSR count). The van der Waals surface area contributed by atoms with Gasteiger partial charge in [0.1, 0.15) is 0 Å². The number of rotatable bonds is 3. The highest BCUT2D eigenvalue weighted by Gasteiger charge is 2.30. The van der Waals surface area contributed by atoms with Crippen LogP contribution in [0, 0.1) is 0 Å². The summed E-state index contributed by atoms with van der Waals surface area (Å²) in [6, 6.07) is 22.4. The second-order valence-electron chi connectivity index (χ2n) is 7.88. The van der Waals surface area contributed by atoms with Crippen LogP contribution in [0.2, 0.25) is 5.02 Å². The number of halogens is 5. The Labute approximate surface area is 236 Å². The molecule has 0 aliphatic carbocycles. The first-order valence-corrected chi connectivity index (χ1v) is 11.5. The molecule has 0 saturated heterocycles. The molecule has 0 aliphatic rings. The quantitative estimate of drug-likeness (QED) is 0.242. The summed E-state index contributed by atoms with van der Waals surface area (Å²) < 4.78 is 0.876. The molecule has 0 radical (unpaired) electrons. The summed E-state index contributed by atoms with van der Waals surface area (Å²) in [5.74, 6) is -0.726. The lowest BCUT2D eigenvalue weighted by Crippen LogP contribution is -2.55. The van der Waals surface area contributed by atoms with Gasteiger partial charge >= 0.3 is 0 Å². The van der Waals surface area contributed by atoms with Crippen molar-refractivity contribution in [2.75, 3.05) is 0 Å². The fourth-order valence-electron chi connectivity index (χ4n) is 2.62. The summed E-state index contributed by atoms with van der Waals surface area (Å²) in [7, 11) is 0. The summed E-state index contributed by atoms with van der Waals surface area (Å²) in [4.78, 5) is 35.7. The van der Waals surface area contributed by atoms with E-state index in [1.807, 2.05) is 26.8 Å². The van der Waals surface area contributed by atoms with Crippen LogP contribution in [0.3, 0.4) is 0 Å². The minimum Gasteiger partial charge on any atom is -0.276 e. The van der Waals surface area contributed by atoms with Gasteiger partial charge in [0.2, 0.25) is 0 Å². The molecule has 0 spiro atoms. The lowest BCUT2D eigenvalue weighted by molar-refractivity contribution is 0.0358. The highest BCUT2D eigenvalue weighted by atomic mass is 79.9. The van der Waals surface area contributed by atoms with Gasteiger partial charge in [-0.25, -0.2) is 5.01 Å². The number of hydrogen-bond donors (Lipinski definition) is 1. The van der Waals surface area contributed by atoms with Crippen LogP contribution in [0.15, 0.2) is 83.3 Å². The zero-order valence-electron chi connectivity index (χ0n) is 19.1. The Balaban J connectivity index is 0.000000890. The summed E-state index contributed by atoms with van der Waals surface area (Å²) in [6.07, 6.45) is 0. The predicted molar refractivity (Wildman–Crippen MR) is 150 cm³/mol. The molecule has 188 valence electrons. The molecule has 35 heavy (non-hydrogen) atoms. The number of carbonyl (C=O) groups excluding carboxylic acids is 3. The molecule has 3 aromatic rings. The van der Waals surface area contributed by atoms with Gasteiger partial charge in [-0.2, -0.15) is 0 Å². The van der Waals surface area contributed by atoms with E-state index >= 15 is 0 Å². The van der Waals surface area contributed by atoms with E-state index in [9.17, 15) is 14.4 Å². The van der Waals surface area contributed by atoms with E-state index in [1.165, 1.54) is 5.01 Å². The van der Waals surface area contributed by atoms with E-state index in [0.29, 0.717) is 21.7 Å². The lowest BCUT2D eigenvalue weighted by Gasteiger charge is -2.35. The Morgan fingerprint density at radius 2 is 1.31 bits per heavy atom. The molecule has 0 aliphatic heterocycles. The molecular weight excluding hydrogens is 598 g/mol. The average Bonchev–Trinajstić information content (AvgIpc) is 2.78. The maximum Gasteiger partial charge on any atom is 0.272 e. The van der Waals surface area contributed by atoms with Crippen LogP contribution in [-0.4, -0.2) is 27.6 Å². The molecule has 0 fully saturated rings. The van der Waals surface area contributed by atoms with Crippen molar-refractivity contribution >= 4 is 81.0 Å². The van der Waals surface area contributed by atoms with Crippen LogP contribution in [0.5, 0.6) is 0 Å². The number of hydrogen-bond acceptors (Lipinski definition) is 3. The Morgan fingerprint density at radius 3 is 1.77 bits per heavy atom. The number of nitrogens with one attached hydrogen (secondary N) is 1. The van der Waals surface area contributed by atoms with Gasteiger partial charge in [0.15, 0.2) is 0 Å². The molecule has 0 heterocycles. The molecule has 0 bridgehead atoms. The van der Waals surface area contributed by atoms with Crippen molar-refractivity contribution < 1.29 is 14.4 Å². The molecule has 2 amide bonds. The highest BCUT2D eigenvalue weighted by Crippen LogP contribution is 2.19. The van der Waals surface area contributed by atoms with Gasteiger partial charge in [-0.1, -0.05) is 70.0 Å². The van der Waals surface area contributed by atoms with E-state index in [4.69, 9.17) is 23.2 Å². The average molecular weight is 623 g/mol. The lowest BCUT2D eigenvalue weighted by atomic mass is 10.1. The van der Waals surface area contributed by atoms with Crippen LogP contribution in [-0.2, 0) is 0 Å². The molecule has 3 aromatic carbocycles. The topological polar surface area (TPSA) is 66.5 Å². The molecule has 0 unspecified atom stereocenters. The van der Waals surface area contributed by atoms with Crippen LogP contribution in [0.4, 0.5) is 0 Å². The first-order valence-electron chi connectivity index (χ1n) is 9.91. The summed E-state index contributed by atoms with van der Waals surface area (Å²) in [5.41, 5.74) is 3.40. The van der Waals surface area contributed by atoms with Gasteiger partial charge < -0.3 is 0 Å². The third kappa shape index (κ3) is 10.2. The van der Waals surface area contributed by atoms with Crippen molar-refractivity contribution in [3.05, 3.63) is 105 Å². The van der Waals surface area contributed by atoms with Crippen molar-refractivity contribution in [1.29, 1.82) is 0 Å². The first-order chi connectivity index (χ1) is 15.5. The smallest absolute Gasteiger partial charge is 0.272 e. The zero-order valence-corrected chi connectivity index (χ0v) is 23.9. The van der Waals surface area contributed by atoms with E-state index in [-0.39, 0.29) is 30.7 Å². The van der Waals surface area contributed by atoms with Crippen molar-refractivity contribution in [2.24, 2.45) is 0 Å². The van der Waals surface area contributed by atoms with E-state index < -0.39 is 16.7 Å². The Kier molecular flexibility index (Phi) is 14.2. The van der Waals surface area contributed by atoms with Crippen molar-refractivity contribution in [3.63, 3.8) is 0 Å². The SMILES string of the molecule is CC(C)(C)N(NC(=O)c1ccccc1Cl)C(=O)c1ccc(Br)cc1.Cl.Cl.O=C(Cl)c1ccccc1. The van der Waals surface area contributed by atoms with Crippen LogP contribution in [0.1, 0.15) is 51.8 Å². The van der Waals surface area contributed by atoms with Gasteiger partial charge in [0, 0.05) is 15.6 Å². The third-order valence-corrected chi connectivity index (χ3v) is 5.37. The molecule has 0 saturated carbocycles. The number of nitrogens with zero attached hydrogens (tertiary/aromatic N) is 1. The molecular formula is C25H25BrCl4N2O3. The number of amides is 2. The van der Waals surface area contributed by atoms with Gasteiger partial charge in [-0.05, 0) is 68.8 Å². The minimum atomic E-state index is -0.610. The Morgan fingerprint density at radius 1 is 0.800 bits per heavy atom. The first kappa shape index (κ1) is 32.9. The van der Waals surface area contributed by atoms with E-state index in [0.717, 1.165) is 4.47 Å². The standard InChI is InChI=1S/C18H18BrClN2O2.C7H5ClO.2ClH/c1-18(2,3)22(17(24)12-8-10-13(19)11-9-12)21-16(23)14-6-4-5-7-15(14)20;8-7(9)6-4-2-1-3-5-6;;/h4-11H,1-3H3,(H,21,23);1-5H;2*1H. The highest BCUT2D eigenvalue weighted by molar-refractivity contribution is 9.10. The molecule has 0 aromatic heterocycles. The second kappa shape index (κ2) is 15.1. The van der Waals surface area contributed by atoms with E-state index in [1.54, 1.807) is 72.8 Å². The van der Waals surface area contributed by atoms with Crippen LogP contribution < -0.4 is 5.43 Å². The summed E-state index contributed by atoms with van der Waals surface area (Å²) in [6.45, 7) is 5.53. The third-order valence-electron chi connectivity index (χ3n) is 4.30. The van der Waals surface area contributed by atoms with Gasteiger partial charge in [0.25, 0.3) is 17.1 Å². The molecule has 0 atom stereocenters. The van der Waals surface area contributed by atoms with Gasteiger partial charge in [-0.15, -0.1) is 24.8 Å². The fraction of sp³-hybridized carbons (Fsp3) is 0.160. The maximum absolute atomic E-state index is 12.8. The number of hydrazine groups is 1. The van der Waals surface area contributed by atoms with Crippen molar-refractivity contribution in [2.45, 2.75) is 26.3 Å². The molecule has 10 heteroatoms. The normalized spacial score (nSPS) is 9.89. The number of benzene rings is 3. The predicted octanol–water partition coefficient (Wildman–Crippen LogP) is 7.60. The summed E-state index contributed by atoms with van der Waals surface area (Å²) in [5, 5.41) is 1.25. The zero-order chi connectivity index (χ0) is 24.6.